The lowest BCUT2D eigenvalue weighted by atomic mass is 9.57. The molecule has 0 bridgehead atoms. The zero-order chi connectivity index (χ0) is 14.2. The molecule has 20 heavy (non-hydrogen) atoms. The van der Waals surface area contributed by atoms with E-state index < -0.39 is 0 Å². The van der Waals surface area contributed by atoms with E-state index in [1.54, 1.807) is 5.56 Å². The molecule has 1 N–H and O–H groups in total. The van der Waals surface area contributed by atoms with Gasteiger partial charge in [-0.05, 0) is 51.0 Å². The third-order valence-corrected chi connectivity index (χ3v) is 5.20. The molecule has 1 aromatic carbocycles. The van der Waals surface area contributed by atoms with Gasteiger partial charge in [0.15, 0.2) is 0 Å². The van der Waals surface area contributed by atoms with Gasteiger partial charge in [-0.25, -0.2) is 0 Å². The summed E-state index contributed by atoms with van der Waals surface area (Å²) in [6.45, 7) is 7.99. The van der Waals surface area contributed by atoms with Gasteiger partial charge in [-0.3, -0.25) is 0 Å². The molecule has 0 amide bonds. The smallest absolute Gasteiger partial charge is 0.00833 e. The summed E-state index contributed by atoms with van der Waals surface area (Å²) in [5.41, 5.74) is 4.86. The quantitative estimate of drug-likeness (QED) is 0.803. The SMILES string of the molecule is CCCC1CC(CNC2CC2)(c2cc(C)cc(C)c2)C1. The Morgan fingerprint density at radius 2 is 1.75 bits per heavy atom. The molecule has 0 atom stereocenters. The molecule has 1 heteroatoms. The molecule has 2 aliphatic carbocycles. The van der Waals surface area contributed by atoms with Crippen molar-refractivity contribution >= 4 is 0 Å². The van der Waals surface area contributed by atoms with Crippen LogP contribution in [0.4, 0.5) is 0 Å². The average Bonchev–Trinajstić information content (AvgIpc) is 3.14. The molecule has 0 saturated heterocycles. The van der Waals surface area contributed by atoms with E-state index in [1.165, 1.54) is 56.2 Å². The van der Waals surface area contributed by atoms with Crippen molar-refractivity contribution in [3.8, 4) is 0 Å². The monoisotopic (exact) mass is 271 g/mol. The van der Waals surface area contributed by atoms with Crippen LogP contribution in [0.15, 0.2) is 18.2 Å². The van der Waals surface area contributed by atoms with Crippen LogP contribution in [-0.2, 0) is 5.41 Å². The molecule has 0 aromatic heterocycles. The van der Waals surface area contributed by atoms with Crippen molar-refractivity contribution in [3.05, 3.63) is 34.9 Å². The summed E-state index contributed by atoms with van der Waals surface area (Å²) in [6.07, 6.45) is 8.31. The summed E-state index contributed by atoms with van der Waals surface area (Å²) in [7, 11) is 0. The lowest BCUT2D eigenvalue weighted by Gasteiger charge is -2.49. The van der Waals surface area contributed by atoms with Crippen molar-refractivity contribution in [2.24, 2.45) is 5.92 Å². The Labute approximate surface area is 124 Å². The number of rotatable bonds is 6. The van der Waals surface area contributed by atoms with E-state index in [-0.39, 0.29) is 0 Å². The third-order valence-electron chi connectivity index (χ3n) is 5.20. The van der Waals surface area contributed by atoms with Crippen LogP contribution < -0.4 is 5.32 Å². The third kappa shape index (κ3) is 2.93. The van der Waals surface area contributed by atoms with Crippen LogP contribution in [0.25, 0.3) is 0 Å². The fourth-order valence-corrected chi connectivity index (χ4v) is 4.05. The van der Waals surface area contributed by atoms with Gasteiger partial charge in [0, 0.05) is 18.0 Å². The zero-order valence-corrected chi connectivity index (χ0v) is 13.3. The van der Waals surface area contributed by atoms with E-state index in [1.807, 2.05) is 0 Å². The van der Waals surface area contributed by atoms with E-state index in [9.17, 15) is 0 Å². The number of nitrogens with one attached hydrogen (secondary N) is 1. The van der Waals surface area contributed by atoms with Crippen molar-refractivity contribution in [2.75, 3.05) is 6.54 Å². The first-order valence-corrected chi connectivity index (χ1v) is 8.43. The minimum absolute atomic E-state index is 0.430. The molecule has 0 unspecified atom stereocenters. The van der Waals surface area contributed by atoms with Crippen LogP contribution in [0.2, 0.25) is 0 Å². The van der Waals surface area contributed by atoms with E-state index in [0.717, 1.165) is 12.0 Å². The second-order valence-electron chi connectivity index (χ2n) is 7.37. The predicted octanol–water partition coefficient (Wildman–Crippen LogP) is 4.50. The molecule has 0 radical (unpaired) electrons. The van der Waals surface area contributed by atoms with Crippen LogP contribution in [-0.4, -0.2) is 12.6 Å². The summed E-state index contributed by atoms with van der Waals surface area (Å²) in [6, 6.07) is 7.99. The van der Waals surface area contributed by atoms with Crippen LogP contribution in [0.1, 0.15) is 62.1 Å². The highest BCUT2D eigenvalue weighted by molar-refractivity contribution is 5.36. The highest BCUT2D eigenvalue weighted by atomic mass is 15.0. The van der Waals surface area contributed by atoms with Gasteiger partial charge in [0.05, 0.1) is 0 Å². The molecule has 0 aliphatic heterocycles. The summed E-state index contributed by atoms with van der Waals surface area (Å²) in [5, 5.41) is 3.80. The van der Waals surface area contributed by atoms with Crippen LogP contribution in [0, 0.1) is 19.8 Å². The Morgan fingerprint density at radius 3 is 2.30 bits per heavy atom. The fourth-order valence-electron chi connectivity index (χ4n) is 4.05. The van der Waals surface area contributed by atoms with Gasteiger partial charge < -0.3 is 5.32 Å². The molecule has 1 aromatic rings. The molecule has 110 valence electrons. The maximum Gasteiger partial charge on any atom is 0.00833 e. The van der Waals surface area contributed by atoms with Gasteiger partial charge in [-0.2, -0.15) is 0 Å². The highest BCUT2D eigenvalue weighted by Gasteiger charge is 2.45. The van der Waals surface area contributed by atoms with Crippen LogP contribution in [0.5, 0.6) is 0 Å². The lowest BCUT2D eigenvalue weighted by molar-refractivity contribution is 0.128. The molecule has 2 fully saturated rings. The fraction of sp³-hybridized carbons (Fsp3) is 0.684. The first-order valence-electron chi connectivity index (χ1n) is 8.43. The molecule has 2 aliphatic rings. The van der Waals surface area contributed by atoms with E-state index >= 15 is 0 Å². The summed E-state index contributed by atoms with van der Waals surface area (Å²) in [5.74, 6) is 0.960. The Kier molecular flexibility index (Phi) is 3.90. The van der Waals surface area contributed by atoms with Gasteiger partial charge in [0.25, 0.3) is 0 Å². The first kappa shape index (κ1) is 14.1. The van der Waals surface area contributed by atoms with Crippen LogP contribution in [0.3, 0.4) is 0 Å². The summed E-state index contributed by atoms with van der Waals surface area (Å²) >= 11 is 0. The topological polar surface area (TPSA) is 12.0 Å². The van der Waals surface area contributed by atoms with Crippen molar-refractivity contribution in [1.82, 2.24) is 5.32 Å². The average molecular weight is 271 g/mol. The standard InChI is InChI=1S/C19H29N/c1-4-5-16-11-19(12-16,13-20-18-6-7-18)17-9-14(2)8-15(3)10-17/h8-10,16,18,20H,4-7,11-13H2,1-3H3. The number of hydrogen-bond donors (Lipinski definition) is 1. The largest absolute Gasteiger partial charge is 0.313 e. The van der Waals surface area contributed by atoms with Gasteiger partial charge >= 0.3 is 0 Å². The van der Waals surface area contributed by atoms with Crippen molar-refractivity contribution < 1.29 is 0 Å². The van der Waals surface area contributed by atoms with Gasteiger partial charge in [0.1, 0.15) is 0 Å². The summed E-state index contributed by atoms with van der Waals surface area (Å²) < 4.78 is 0. The Hall–Kier alpha value is -0.820. The number of hydrogen-bond acceptors (Lipinski definition) is 1. The van der Waals surface area contributed by atoms with Gasteiger partial charge in [-0.1, -0.05) is 49.1 Å². The molecular formula is C19H29N. The lowest BCUT2D eigenvalue weighted by Crippen LogP contribution is -2.49. The predicted molar refractivity (Wildman–Crippen MR) is 86.3 cm³/mol. The molecule has 0 spiro atoms. The van der Waals surface area contributed by atoms with Gasteiger partial charge in [0.2, 0.25) is 0 Å². The molecular weight excluding hydrogens is 242 g/mol. The van der Waals surface area contributed by atoms with E-state index in [0.29, 0.717) is 5.41 Å². The normalized spacial score (nSPS) is 29.2. The number of aryl methyl sites for hydroxylation is 2. The highest BCUT2D eigenvalue weighted by Crippen LogP contribution is 2.50. The Morgan fingerprint density at radius 1 is 1.10 bits per heavy atom. The van der Waals surface area contributed by atoms with Crippen molar-refractivity contribution in [2.45, 2.75) is 70.8 Å². The second-order valence-corrected chi connectivity index (χ2v) is 7.37. The molecule has 3 rings (SSSR count). The minimum Gasteiger partial charge on any atom is -0.313 e. The maximum atomic E-state index is 3.80. The molecule has 0 heterocycles. The Balaban J connectivity index is 1.77. The summed E-state index contributed by atoms with van der Waals surface area (Å²) in [4.78, 5) is 0. The van der Waals surface area contributed by atoms with Crippen molar-refractivity contribution in [1.29, 1.82) is 0 Å². The maximum absolute atomic E-state index is 3.80. The van der Waals surface area contributed by atoms with Crippen LogP contribution >= 0.6 is 0 Å². The van der Waals surface area contributed by atoms with E-state index in [4.69, 9.17) is 0 Å². The number of benzene rings is 1. The first-order chi connectivity index (χ1) is 9.61. The van der Waals surface area contributed by atoms with E-state index in [2.05, 4.69) is 44.3 Å². The minimum atomic E-state index is 0.430. The van der Waals surface area contributed by atoms with Gasteiger partial charge in [-0.15, -0.1) is 0 Å². The zero-order valence-electron chi connectivity index (χ0n) is 13.3. The Bertz CT molecular complexity index is 446. The molecule has 1 nitrogen and oxygen atoms in total. The van der Waals surface area contributed by atoms with Crippen molar-refractivity contribution in [3.63, 3.8) is 0 Å². The second kappa shape index (κ2) is 5.52. The molecule has 2 saturated carbocycles.